The number of nitrogens with one attached hydrogen (secondary N) is 2. The van der Waals surface area contributed by atoms with Gasteiger partial charge >= 0.3 is 0 Å². The van der Waals surface area contributed by atoms with Crippen LogP contribution in [0.25, 0.3) is 11.1 Å². The molecule has 0 bridgehead atoms. The number of nitrogen functional groups attached to an aromatic ring is 1. The Hall–Kier alpha value is -3.46. The number of amides is 1. The standard InChI is InChI=1S/C16H17N5O2.C10H19NO/c1-9-4-6-11(18-8-9)19-16(22)15-13(17)14-10(23-15)5-7-12(20-14)21(2)3;1-11-10-5-3-2-4-9(8-12)6-7-10/h4-8H,17H2,1-3H3,(H,18,19,22);8-11H,2-7H2,1H3/t;9-,10?/m.1/s1. The number of pyridine rings is 2. The van der Waals surface area contributed by atoms with Crippen molar-refractivity contribution in [2.75, 3.05) is 37.1 Å². The smallest absolute Gasteiger partial charge is 0.294 e. The zero-order chi connectivity index (χ0) is 25.4. The fourth-order valence-electron chi connectivity index (χ4n) is 4.04. The van der Waals surface area contributed by atoms with Crippen LogP contribution in [0.4, 0.5) is 17.3 Å². The van der Waals surface area contributed by atoms with Crippen molar-refractivity contribution in [2.24, 2.45) is 5.92 Å². The molecular formula is C26H36N6O3. The van der Waals surface area contributed by atoms with Crippen LogP contribution in [-0.2, 0) is 4.79 Å². The molecule has 1 fully saturated rings. The van der Waals surface area contributed by atoms with Crippen molar-refractivity contribution >= 4 is 40.6 Å². The lowest BCUT2D eigenvalue weighted by Crippen LogP contribution is -2.27. The van der Waals surface area contributed by atoms with Crippen molar-refractivity contribution in [1.29, 1.82) is 0 Å². The number of carbonyl (C=O) groups excluding carboxylic acids is 2. The first-order chi connectivity index (χ1) is 16.8. The first-order valence-corrected chi connectivity index (χ1v) is 12.0. The molecule has 188 valence electrons. The van der Waals surface area contributed by atoms with Gasteiger partial charge in [0, 0.05) is 32.3 Å². The van der Waals surface area contributed by atoms with E-state index in [1.807, 2.05) is 39.0 Å². The number of nitrogens with zero attached hydrogens (tertiary/aromatic N) is 3. The Morgan fingerprint density at radius 3 is 2.57 bits per heavy atom. The number of aryl methyl sites for hydroxylation is 1. The molecule has 1 aliphatic carbocycles. The summed E-state index contributed by atoms with van der Waals surface area (Å²) in [5.74, 6) is 1.08. The Labute approximate surface area is 206 Å². The summed E-state index contributed by atoms with van der Waals surface area (Å²) in [6.45, 7) is 1.92. The molecule has 1 aliphatic rings. The summed E-state index contributed by atoms with van der Waals surface area (Å²) in [6.07, 6.45) is 9.94. The van der Waals surface area contributed by atoms with Gasteiger partial charge in [-0.15, -0.1) is 0 Å². The van der Waals surface area contributed by atoms with Crippen LogP contribution in [0.15, 0.2) is 34.9 Å². The fraction of sp³-hybridized carbons (Fsp3) is 0.462. The minimum Gasteiger partial charge on any atom is -0.447 e. The number of rotatable bonds is 5. The highest BCUT2D eigenvalue weighted by molar-refractivity contribution is 6.10. The molecule has 0 saturated heterocycles. The van der Waals surface area contributed by atoms with E-state index in [-0.39, 0.29) is 11.4 Å². The summed E-state index contributed by atoms with van der Waals surface area (Å²) in [6, 6.07) is 7.76. The molecule has 9 heteroatoms. The van der Waals surface area contributed by atoms with Crippen molar-refractivity contribution in [3.05, 3.63) is 41.8 Å². The number of nitrogens with two attached hydrogens (primary N) is 1. The molecule has 3 aromatic heterocycles. The number of hydrogen-bond donors (Lipinski definition) is 3. The third-order valence-electron chi connectivity index (χ3n) is 6.24. The fourth-order valence-corrected chi connectivity index (χ4v) is 4.04. The van der Waals surface area contributed by atoms with Crippen LogP contribution in [0.3, 0.4) is 0 Å². The molecule has 4 rings (SSSR count). The first-order valence-electron chi connectivity index (χ1n) is 12.0. The van der Waals surface area contributed by atoms with E-state index in [1.54, 1.807) is 24.4 Å². The van der Waals surface area contributed by atoms with Crippen molar-refractivity contribution < 1.29 is 14.0 Å². The Kier molecular flexibility index (Phi) is 9.19. The van der Waals surface area contributed by atoms with Gasteiger partial charge in [-0.2, -0.15) is 0 Å². The van der Waals surface area contributed by atoms with Crippen molar-refractivity contribution in [1.82, 2.24) is 15.3 Å². The van der Waals surface area contributed by atoms with Crippen molar-refractivity contribution in [3.63, 3.8) is 0 Å². The quantitative estimate of drug-likeness (QED) is 0.464. The van der Waals surface area contributed by atoms with Gasteiger partial charge in [0.05, 0.1) is 0 Å². The molecule has 2 atom stereocenters. The minimum atomic E-state index is -0.455. The average Bonchev–Trinajstić information content (AvgIpc) is 3.17. The van der Waals surface area contributed by atoms with Gasteiger partial charge in [0.1, 0.15) is 29.1 Å². The maximum Gasteiger partial charge on any atom is 0.294 e. The largest absolute Gasteiger partial charge is 0.447 e. The van der Waals surface area contributed by atoms with Gasteiger partial charge in [0.25, 0.3) is 5.91 Å². The summed E-state index contributed by atoms with van der Waals surface area (Å²) >= 11 is 0. The lowest BCUT2D eigenvalue weighted by Gasteiger charge is -2.21. The molecule has 0 radical (unpaired) electrons. The van der Waals surface area contributed by atoms with Crippen LogP contribution < -0.4 is 21.3 Å². The number of fused-ring (bicyclic) bond motifs is 1. The second-order valence-electron chi connectivity index (χ2n) is 9.17. The van der Waals surface area contributed by atoms with E-state index in [0.717, 1.165) is 30.5 Å². The van der Waals surface area contributed by atoms with Crippen LogP contribution in [0, 0.1) is 12.8 Å². The molecule has 3 heterocycles. The Bertz CT molecular complexity index is 1130. The van der Waals surface area contributed by atoms with E-state index in [2.05, 4.69) is 20.6 Å². The maximum atomic E-state index is 12.3. The van der Waals surface area contributed by atoms with Gasteiger partial charge in [0.15, 0.2) is 5.58 Å². The number of aromatic nitrogens is 2. The lowest BCUT2D eigenvalue weighted by molar-refractivity contribution is -0.111. The number of carbonyl (C=O) groups is 2. The zero-order valence-corrected chi connectivity index (χ0v) is 21.0. The second-order valence-corrected chi connectivity index (χ2v) is 9.17. The normalized spacial score (nSPS) is 18.1. The molecule has 9 nitrogen and oxygen atoms in total. The van der Waals surface area contributed by atoms with E-state index < -0.39 is 5.91 Å². The van der Waals surface area contributed by atoms with Crippen LogP contribution in [0.1, 0.15) is 54.6 Å². The van der Waals surface area contributed by atoms with Crippen molar-refractivity contribution in [2.45, 2.75) is 51.5 Å². The van der Waals surface area contributed by atoms with Gasteiger partial charge in [0.2, 0.25) is 5.76 Å². The highest BCUT2D eigenvalue weighted by Crippen LogP contribution is 2.29. The molecule has 0 aliphatic heterocycles. The summed E-state index contributed by atoms with van der Waals surface area (Å²) in [5.41, 5.74) is 8.19. The second kappa shape index (κ2) is 12.3. The zero-order valence-electron chi connectivity index (χ0n) is 21.0. The average molecular weight is 481 g/mol. The molecule has 0 aromatic carbocycles. The summed E-state index contributed by atoms with van der Waals surface area (Å²) in [7, 11) is 5.77. The van der Waals surface area contributed by atoms with Crippen LogP contribution in [0.5, 0.6) is 0 Å². The summed E-state index contributed by atoms with van der Waals surface area (Å²) < 4.78 is 5.55. The lowest BCUT2D eigenvalue weighted by atomic mass is 9.90. The van der Waals surface area contributed by atoms with E-state index in [9.17, 15) is 9.59 Å². The number of anilines is 3. The van der Waals surface area contributed by atoms with Crippen LogP contribution >= 0.6 is 0 Å². The summed E-state index contributed by atoms with van der Waals surface area (Å²) in [5, 5.41) is 5.96. The maximum absolute atomic E-state index is 12.3. The van der Waals surface area contributed by atoms with Gasteiger partial charge in [-0.1, -0.05) is 18.9 Å². The van der Waals surface area contributed by atoms with E-state index in [4.69, 9.17) is 10.2 Å². The molecule has 4 N–H and O–H groups in total. The van der Waals surface area contributed by atoms with E-state index in [0.29, 0.717) is 28.9 Å². The molecule has 3 aromatic rings. The van der Waals surface area contributed by atoms with E-state index in [1.165, 1.54) is 25.7 Å². The molecule has 35 heavy (non-hydrogen) atoms. The van der Waals surface area contributed by atoms with Gasteiger partial charge in [-0.05, 0) is 63.4 Å². The van der Waals surface area contributed by atoms with Gasteiger partial charge in [-0.25, -0.2) is 9.97 Å². The topological polar surface area (TPSA) is 126 Å². The Balaban J connectivity index is 0.000000241. The Morgan fingerprint density at radius 2 is 1.91 bits per heavy atom. The molecule has 1 saturated carbocycles. The predicted octanol–water partition coefficient (Wildman–Crippen LogP) is 4.18. The van der Waals surface area contributed by atoms with E-state index >= 15 is 0 Å². The number of aldehydes is 1. The monoisotopic (exact) mass is 480 g/mol. The first kappa shape index (κ1) is 26.2. The number of hydrogen-bond acceptors (Lipinski definition) is 8. The molecular weight excluding hydrogens is 444 g/mol. The highest BCUT2D eigenvalue weighted by Gasteiger charge is 2.20. The molecule has 1 unspecified atom stereocenters. The van der Waals surface area contributed by atoms with Gasteiger partial charge in [-0.3, -0.25) is 4.79 Å². The number of furan rings is 1. The van der Waals surface area contributed by atoms with Crippen molar-refractivity contribution in [3.8, 4) is 0 Å². The van der Waals surface area contributed by atoms with Crippen LogP contribution in [-0.4, -0.2) is 49.3 Å². The molecule has 1 amide bonds. The highest BCUT2D eigenvalue weighted by atomic mass is 16.3. The third-order valence-corrected chi connectivity index (χ3v) is 6.24. The minimum absolute atomic E-state index is 0.0331. The third kappa shape index (κ3) is 7.02. The Morgan fingerprint density at radius 1 is 1.14 bits per heavy atom. The predicted molar refractivity (Wildman–Crippen MR) is 140 cm³/mol. The SMILES string of the molecule is CNC1CCCC[C@@H](C=O)CC1.Cc1ccc(NC(=O)c2oc3ccc(N(C)C)nc3c2N)nc1. The summed E-state index contributed by atoms with van der Waals surface area (Å²) in [4.78, 5) is 33.3. The van der Waals surface area contributed by atoms with Crippen LogP contribution in [0.2, 0.25) is 0 Å². The molecule has 0 spiro atoms. The van der Waals surface area contributed by atoms with Gasteiger partial charge < -0.3 is 30.5 Å².